The van der Waals surface area contributed by atoms with E-state index in [9.17, 15) is 19.1 Å². The summed E-state index contributed by atoms with van der Waals surface area (Å²) in [6.07, 6.45) is -7.95. The normalized spacial score (nSPS) is 36.2. The van der Waals surface area contributed by atoms with Crippen molar-refractivity contribution in [2.45, 2.75) is 49.2 Å². The molecule has 8 rings (SSSR count). The monoisotopic (exact) mass is 729 g/mol. The molecule has 4 aromatic heterocycles. The predicted octanol–water partition coefficient (Wildman–Crippen LogP) is 1.23. The Hall–Kier alpha value is -3.40. The van der Waals surface area contributed by atoms with Crippen molar-refractivity contribution in [2.24, 2.45) is 5.73 Å². The molecule has 1 amide bonds. The molecule has 2 unspecified atom stereocenters. The highest BCUT2D eigenvalue weighted by atomic mass is 32.5. The van der Waals surface area contributed by atoms with E-state index in [0.29, 0.717) is 16.9 Å². The van der Waals surface area contributed by atoms with Crippen LogP contribution in [-0.4, -0.2) is 105 Å². The van der Waals surface area contributed by atoms with E-state index >= 15 is 8.78 Å². The van der Waals surface area contributed by atoms with Crippen LogP contribution >= 0.6 is 14.5 Å². The number of carbonyl (C=O) groups excluding carboxylic acids is 1. The fourth-order valence-corrected chi connectivity index (χ4v) is 8.22. The molecule has 3 aliphatic rings. The molecule has 4 N–H and O–H groups in total. The number of benzene rings is 1. The second-order valence-corrected chi connectivity index (χ2v) is 15.2. The van der Waals surface area contributed by atoms with Crippen molar-refractivity contribution < 1.29 is 55.5 Å². The molecule has 1 aromatic carbocycles. The number of rotatable bonds is 3. The number of aromatic nitrogens is 8. The molecule has 5 aromatic rings. The Bertz CT molecular complexity index is 2170. The zero-order valence-electron chi connectivity index (χ0n) is 23.9. The Morgan fingerprint density at radius 2 is 1.81 bits per heavy atom. The van der Waals surface area contributed by atoms with Gasteiger partial charge in [0.05, 0.1) is 30.6 Å². The van der Waals surface area contributed by atoms with E-state index in [-0.39, 0.29) is 16.6 Å². The highest BCUT2D eigenvalue weighted by molar-refractivity contribution is 8.07. The Labute approximate surface area is 271 Å². The zero-order valence-corrected chi connectivity index (χ0v) is 26.6. The predicted molar refractivity (Wildman–Crippen MR) is 158 cm³/mol. The van der Waals surface area contributed by atoms with Gasteiger partial charge in [-0.1, -0.05) is 11.3 Å². The van der Waals surface area contributed by atoms with Crippen molar-refractivity contribution in [3.63, 3.8) is 0 Å². The number of fused-ring (bicyclic) bond motifs is 7. The number of phosphoric ester groups is 1. The first-order valence-electron chi connectivity index (χ1n) is 14.1. The molecular formula is C24H23F2N9O10P2S. The van der Waals surface area contributed by atoms with Crippen molar-refractivity contribution in [3.8, 4) is 0 Å². The van der Waals surface area contributed by atoms with Crippen molar-refractivity contribution in [1.82, 2.24) is 38.9 Å². The second-order valence-electron chi connectivity index (χ2n) is 11.0. The SMILES string of the molecule is NC(=O)c1cccc2c1nnn2[C@@H]1O[C@@H]2COP(=O)(O)O[C@H]3[C@@H](F)[C@H](n4cnc5nc6nccn6c5c4)O[C@@H]3COP(O)(=S)O[C@@H]1[C@@H]2F. The Morgan fingerprint density at radius 1 is 1.02 bits per heavy atom. The van der Waals surface area contributed by atoms with Crippen molar-refractivity contribution in [1.29, 1.82) is 0 Å². The largest absolute Gasteiger partial charge is 0.472 e. The van der Waals surface area contributed by atoms with Gasteiger partial charge in [0.25, 0.3) is 5.91 Å². The smallest absolute Gasteiger partial charge is 0.366 e. The lowest BCUT2D eigenvalue weighted by Gasteiger charge is -2.26. The Balaban J connectivity index is 1.10. The fourth-order valence-electron chi connectivity index (χ4n) is 5.86. The van der Waals surface area contributed by atoms with Crippen LogP contribution in [-0.2, 0) is 43.9 Å². The number of ether oxygens (including phenoxy) is 2. The molecule has 0 aliphatic carbocycles. The highest BCUT2D eigenvalue weighted by Crippen LogP contribution is 2.54. The summed E-state index contributed by atoms with van der Waals surface area (Å²) in [6, 6.07) is 4.39. The van der Waals surface area contributed by atoms with E-state index in [1.165, 1.54) is 41.5 Å². The van der Waals surface area contributed by atoms with Crippen LogP contribution in [0, 0.1) is 0 Å². The molecule has 254 valence electrons. The molecule has 0 saturated carbocycles. The number of imidazole rings is 2. The first-order chi connectivity index (χ1) is 22.9. The van der Waals surface area contributed by atoms with Gasteiger partial charge in [0.1, 0.15) is 35.4 Å². The fraction of sp³-hybridized carbons (Fsp3) is 0.417. The number of alkyl halides is 2. The van der Waals surface area contributed by atoms with E-state index in [0.717, 1.165) is 4.68 Å². The average molecular weight is 730 g/mol. The summed E-state index contributed by atoms with van der Waals surface area (Å²) in [5.41, 5.74) is 6.50. The van der Waals surface area contributed by atoms with Crippen LogP contribution in [0.15, 0.2) is 43.1 Å². The number of primary amides is 1. The van der Waals surface area contributed by atoms with Gasteiger partial charge in [-0.2, -0.15) is 4.98 Å². The van der Waals surface area contributed by atoms with Crippen LogP contribution in [0.4, 0.5) is 8.78 Å². The molecular weight excluding hydrogens is 706 g/mol. The first kappa shape index (κ1) is 31.8. The lowest BCUT2D eigenvalue weighted by Crippen LogP contribution is -2.34. The number of carbonyl (C=O) groups is 1. The third-order valence-electron chi connectivity index (χ3n) is 8.05. The maximum absolute atomic E-state index is 16.0. The van der Waals surface area contributed by atoms with Gasteiger partial charge in [-0.3, -0.25) is 22.8 Å². The van der Waals surface area contributed by atoms with Gasteiger partial charge in [0.15, 0.2) is 30.4 Å². The minimum Gasteiger partial charge on any atom is -0.366 e. The van der Waals surface area contributed by atoms with Crippen LogP contribution in [0.5, 0.6) is 0 Å². The van der Waals surface area contributed by atoms with E-state index in [2.05, 4.69) is 25.3 Å². The van der Waals surface area contributed by atoms with Gasteiger partial charge < -0.3 is 34.1 Å². The minimum absolute atomic E-state index is 0.0212. The molecule has 3 saturated heterocycles. The number of halogens is 2. The Morgan fingerprint density at radius 3 is 2.62 bits per heavy atom. The van der Waals surface area contributed by atoms with Crippen LogP contribution in [0.25, 0.3) is 28.0 Å². The molecule has 3 fully saturated rings. The highest BCUT2D eigenvalue weighted by Gasteiger charge is 2.54. The van der Waals surface area contributed by atoms with Gasteiger partial charge in [0, 0.05) is 18.6 Å². The molecule has 0 radical (unpaired) electrons. The summed E-state index contributed by atoms with van der Waals surface area (Å²) in [6.45, 7) is -6.00. The van der Waals surface area contributed by atoms with E-state index < -0.39 is 82.9 Å². The molecule has 19 nitrogen and oxygen atoms in total. The number of nitrogens with zero attached hydrogens (tertiary/aromatic N) is 8. The van der Waals surface area contributed by atoms with Crippen LogP contribution in [0.2, 0.25) is 0 Å². The maximum Gasteiger partial charge on any atom is 0.472 e. The minimum atomic E-state index is -5.13. The number of hydrogen-bond donors (Lipinski definition) is 3. The van der Waals surface area contributed by atoms with Gasteiger partial charge in [-0.15, -0.1) is 5.10 Å². The van der Waals surface area contributed by atoms with E-state index in [1.807, 2.05) is 0 Å². The molecule has 24 heteroatoms. The summed E-state index contributed by atoms with van der Waals surface area (Å²) in [4.78, 5) is 46.2. The third-order valence-corrected chi connectivity index (χ3v) is 10.6. The summed E-state index contributed by atoms with van der Waals surface area (Å²) < 4.78 is 82.0. The number of phosphoric acid groups is 1. The summed E-state index contributed by atoms with van der Waals surface area (Å²) >= 11 is 5.18. The zero-order chi connectivity index (χ0) is 33.5. The first-order valence-corrected chi connectivity index (χ1v) is 18.2. The van der Waals surface area contributed by atoms with Crippen molar-refractivity contribution in [2.75, 3.05) is 13.2 Å². The summed E-state index contributed by atoms with van der Waals surface area (Å²) in [7, 11) is -5.13. The molecule has 3 aliphatic heterocycles. The molecule has 0 spiro atoms. The summed E-state index contributed by atoms with van der Waals surface area (Å²) in [5.74, 6) is -0.433. The van der Waals surface area contributed by atoms with E-state index in [1.54, 1.807) is 10.6 Å². The number of hydrogen-bond acceptors (Lipinski definition) is 14. The number of amides is 1. The van der Waals surface area contributed by atoms with Gasteiger partial charge in [-0.25, -0.2) is 28.0 Å². The standard InChI is InChI=1S/C24H23F2N9O10P2S/c25-15-13-7-40-46(37,38)44-18-14(43-22(16(18)26)33-6-12-21(29-9-33)30-24-28-4-5-34(12)24)8-41-47(39,48)45-19(15)23(42-13)35-11-3-1-2-10(20(27)36)17(11)31-32-35/h1-6,9,13-16,18-19,22-23H,7-8H2,(H2,27,36)(H,37,38)(H,39,48)/t13-,14-,15-,16-,18-,19-,22-,23-,47?/m1/s1. The van der Waals surface area contributed by atoms with Crippen LogP contribution in [0.1, 0.15) is 22.8 Å². The second kappa shape index (κ2) is 11.6. The van der Waals surface area contributed by atoms with Gasteiger partial charge >= 0.3 is 14.5 Å². The van der Waals surface area contributed by atoms with Crippen molar-refractivity contribution in [3.05, 3.63) is 48.7 Å². The van der Waals surface area contributed by atoms with Gasteiger partial charge in [-0.05, 0) is 23.9 Å². The molecule has 48 heavy (non-hydrogen) atoms. The quantitative estimate of drug-likeness (QED) is 0.222. The molecule has 7 heterocycles. The van der Waals surface area contributed by atoms with Crippen molar-refractivity contribution >= 4 is 60.2 Å². The van der Waals surface area contributed by atoms with Gasteiger partial charge in [0.2, 0.25) is 5.78 Å². The van der Waals surface area contributed by atoms with Crippen LogP contribution < -0.4 is 5.73 Å². The average Bonchev–Trinajstić information content (AvgIpc) is 3.85. The topological polar surface area (TPSA) is 235 Å². The molecule has 10 atom stereocenters. The lowest BCUT2D eigenvalue weighted by atomic mass is 10.1. The molecule has 2 bridgehead atoms. The maximum atomic E-state index is 16.0. The summed E-state index contributed by atoms with van der Waals surface area (Å²) in [5, 5.41) is 7.92. The lowest BCUT2D eigenvalue weighted by molar-refractivity contribution is -0.0670. The Kier molecular flexibility index (Phi) is 7.69. The van der Waals surface area contributed by atoms with E-state index in [4.69, 9.17) is 45.1 Å². The number of nitrogens with two attached hydrogens (primary N) is 1. The van der Waals surface area contributed by atoms with Crippen LogP contribution in [0.3, 0.4) is 0 Å². The third kappa shape index (κ3) is 5.42.